The molecule has 2 aliphatic rings. The lowest BCUT2D eigenvalue weighted by molar-refractivity contribution is 0.218. The molecule has 1 aliphatic carbocycles. The van der Waals surface area contributed by atoms with Crippen LogP contribution in [-0.2, 0) is 13.0 Å². The fourth-order valence-electron chi connectivity index (χ4n) is 3.37. The van der Waals surface area contributed by atoms with E-state index in [1.165, 1.54) is 25.0 Å². The smallest absolute Gasteiger partial charge is 0.229 e. The number of likely N-dealkylation sites (N-methyl/N-ethyl adjacent to an activating group) is 1. The maximum Gasteiger partial charge on any atom is 0.229 e. The van der Waals surface area contributed by atoms with Crippen LogP contribution >= 0.6 is 0 Å². The highest BCUT2D eigenvalue weighted by atomic mass is 16.5. The highest BCUT2D eigenvalue weighted by Crippen LogP contribution is 2.38. The van der Waals surface area contributed by atoms with Gasteiger partial charge in [-0.1, -0.05) is 11.2 Å². The summed E-state index contributed by atoms with van der Waals surface area (Å²) < 4.78 is 5.36. The van der Waals surface area contributed by atoms with Crippen LogP contribution in [0, 0.1) is 0 Å². The van der Waals surface area contributed by atoms with Crippen LogP contribution in [0.3, 0.4) is 0 Å². The molecule has 24 heavy (non-hydrogen) atoms. The highest BCUT2D eigenvalue weighted by molar-refractivity contribution is 5.04. The van der Waals surface area contributed by atoms with Crippen molar-refractivity contribution in [2.75, 3.05) is 26.7 Å². The van der Waals surface area contributed by atoms with Crippen molar-refractivity contribution in [3.8, 4) is 0 Å². The topological polar surface area (TPSA) is 58.3 Å². The van der Waals surface area contributed by atoms with Crippen LogP contribution in [0.4, 0.5) is 0 Å². The predicted molar refractivity (Wildman–Crippen MR) is 90.5 cm³/mol. The summed E-state index contributed by atoms with van der Waals surface area (Å²) in [4.78, 5) is 13.8. The van der Waals surface area contributed by atoms with Gasteiger partial charge in [0.1, 0.15) is 0 Å². The van der Waals surface area contributed by atoms with Gasteiger partial charge < -0.3 is 9.42 Å². The maximum absolute atomic E-state index is 5.36. The van der Waals surface area contributed by atoms with Crippen molar-refractivity contribution >= 4 is 0 Å². The average molecular weight is 327 g/mol. The van der Waals surface area contributed by atoms with Crippen LogP contribution in [0.15, 0.2) is 28.9 Å². The lowest BCUT2D eigenvalue weighted by atomic mass is 10.2. The molecule has 0 radical (unpaired) electrons. The van der Waals surface area contributed by atoms with E-state index in [-0.39, 0.29) is 0 Å². The molecular formula is C18H25N5O. The van der Waals surface area contributed by atoms with Gasteiger partial charge in [-0.2, -0.15) is 4.98 Å². The minimum atomic E-state index is 0.533. The SMILES string of the molecule is CN(Cc1noc(C2CC2)n1)[C@@H]1CCN(CCc2ccccn2)C1. The summed E-state index contributed by atoms with van der Waals surface area (Å²) in [5, 5.41) is 4.13. The number of hydrogen-bond donors (Lipinski definition) is 0. The second-order valence-electron chi connectivity index (χ2n) is 7.05. The monoisotopic (exact) mass is 327 g/mol. The third-order valence-electron chi connectivity index (χ3n) is 5.08. The van der Waals surface area contributed by atoms with Gasteiger partial charge in [-0.05, 0) is 45.0 Å². The molecule has 1 atom stereocenters. The van der Waals surface area contributed by atoms with Gasteiger partial charge >= 0.3 is 0 Å². The van der Waals surface area contributed by atoms with Gasteiger partial charge in [0.15, 0.2) is 5.82 Å². The Bertz CT molecular complexity index is 654. The minimum absolute atomic E-state index is 0.533. The summed E-state index contributed by atoms with van der Waals surface area (Å²) in [6.07, 6.45) is 6.49. The Kier molecular flexibility index (Phi) is 4.58. The zero-order valence-electron chi connectivity index (χ0n) is 14.3. The van der Waals surface area contributed by atoms with E-state index in [2.05, 4.69) is 44.1 Å². The van der Waals surface area contributed by atoms with Crippen LogP contribution in [0.2, 0.25) is 0 Å². The quantitative estimate of drug-likeness (QED) is 0.776. The van der Waals surface area contributed by atoms with Crippen molar-refractivity contribution in [2.24, 2.45) is 0 Å². The Morgan fingerprint density at radius 2 is 2.21 bits per heavy atom. The van der Waals surface area contributed by atoms with Crippen molar-refractivity contribution in [2.45, 2.75) is 44.2 Å². The standard InChI is InChI=1S/C18H25N5O/c1-22(13-17-20-18(24-21-17)14-5-6-14)16-8-11-23(12-16)10-7-15-4-2-3-9-19-15/h2-4,9,14,16H,5-8,10-13H2,1H3/t16-/m1/s1. The molecule has 6 nitrogen and oxygen atoms in total. The largest absolute Gasteiger partial charge is 0.339 e. The Balaban J connectivity index is 1.24. The number of nitrogens with zero attached hydrogens (tertiary/aromatic N) is 5. The zero-order valence-corrected chi connectivity index (χ0v) is 14.3. The van der Waals surface area contributed by atoms with Crippen molar-refractivity contribution in [1.82, 2.24) is 24.9 Å². The summed E-state index contributed by atoms with van der Waals surface area (Å²) in [6.45, 7) is 4.11. The molecule has 4 rings (SSSR count). The zero-order chi connectivity index (χ0) is 16.4. The Morgan fingerprint density at radius 1 is 1.29 bits per heavy atom. The van der Waals surface area contributed by atoms with Crippen molar-refractivity contribution in [1.29, 1.82) is 0 Å². The Hall–Kier alpha value is -1.79. The molecule has 1 saturated heterocycles. The first-order valence-corrected chi connectivity index (χ1v) is 8.93. The van der Waals surface area contributed by atoms with E-state index in [1.54, 1.807) is 0 Å². The maximum atomic E-state index is 5.36. The number of hydrogen-bond acceptors (Lipinski definition) is 6. The summed E-state index contributed by atoms with van der Waals surface area (Å²) in [5.74, 6) is 2.19. The summed E-state index contributed by atoms with van der Waals surface area (Å²) in [6, 6.07) is 6.70. The number of likely N-dealkylation sites (tertiary alicyclic amines) is 1. The lowest BCUT2D eigenvalue weighted by Crippen LogP contribution is -2.35. The molecule has 2 aromatic heterocycles. The van der Waals surface area contributed by atoms with Crippen molar-refractivity contribution in [3.05, 3.63) is 41.8 Å². The van der Waals surface area contributed by atoms with Crippen molar-refractivity contribution in [3.63, 3.8) is 0 Å². The van der Waals surface area contributed by atoms with Gasteiger partial charge in [0.05, 0.1) is 6.54 Å². The van der Waals surface area contributed by atoms with Crippen molar-refractivity contribution < 1.29 is 4.52 Å². The van der Waals surface area contributed by atoms with Gasteiger partial charge in [0, 0.05) is 43.4 Å². The fraction of sp³-hybridized carbons (Fsp3) is 0.611. The third-order valence-corrected chi connectivity index (χ3v) is 5.08. The van der Waals surface area contributed by atoms with Gasteiger partial charge in [-0.3, -0.25) is 9.88 Å². The first-order valence-electron chi connectivity index (χ1n) is 8.93. The third kappa shape index (κ3) is 3.82. The molecule has 0 aromatic carbocycles. The molecule has 0 amide bonds. The number of aromatic nitrogens is 3. The molecule has 2 fully saturated rings. The first kappa shape index (κ1) is 15.7. The lowest BCUT2D eigenvalue weighted by Gasteiger charge is -2.23. The summed E-state index contributed by atoms with van der Waals surface area (Å²) in [7, 11) is 2.17. The van der Waals surface area contributed by atoms with E-state index in [0.29, 0.717) is 12.0 Å². The summed E-state index contributed by atoms with van der Waals surface area (Å²) >= 11 is 0. The second kappa shape index (κ2) is 6.99. The molecule has 0 spiro atoms. The molecular weight excluding hydrogens is 302 g/mol. The normalized spacial score (nSPS) is 21.7. The molecule has 6 heteroatoms. The van der Waals surface area contributed by atoms with Crippen LogP contribution in [-0.4, -0.2) is 57.6 Å². The molecule has 0 N–H and O–H groups in total. The number of pyridine rings is 1. The molecule has 128 valence electrons. The number of rotatable bonds is 7. The van der Waals surface area contributed by atoms with Crippen LogP contribution in [0.25, 0.3) is 0 Å². The fourth-order valence-corrected chi connectivity index (χ4v) is 3.37. The molecule has 1 saturated carbocycles. The Morgan fingerprint density at radius 3 is 3.00 bits per heavy atom. The van der Waals surface area contributed by atoms with Gasteiger partial charge in [0.25, 0.3) is 0 Å². The molecule has 2 aromatic rings. The highest BCUT2D eigenvalue weighted by Gasteiger charge is 2.30. The van der Waals surface area contributed by atoms with Gasteiger partial charge in [0.2, 0.25) is 5.89 Å². The van der Waals surface area contributed by atoms with E-state index in [9.17, 15) is 0 Å². The molecule has 0 unspecified atom stereocenters. The summed E-state index contributed by atoms with van der Waals surface area (Å²) in [5.41, 5.74) is 1.17. The Labute approximate surface area is 142 Å². The van der Waals surface area contributed by atoms with Crippen LogP contribution in [0.1, 0.15) is 42.6 Å². The van der Waals surface area contributed by atoms with E-state index >= 15 is 0 Å². The van der Waals surface area contributed by atoms with E-state index in [0.717, 1.165) is 44.3 Å². The molecule has 0 bridgehead atoms. The minimum Gasteiger partial charge on any atom is -0.339 e. The molecule has 1 aliphatic heterocycles. The second-order valence-corrected chi connectivity index (χ2v) is 7.05. The van der Waals surface area contributed by atoms with E-state index in [4.69, 9.17) is 4.52 Å². The van der Waals surface area contributed by atoms with Gasteiger partial charge in [-0.25, -0.2) is 0 Å². The first-order chi connectivity index (χ1) is 11.8. The van der Waals surface area contributed by atoms with Gasteiger partial charge in [-0.15, -0.1) is 0 Å². The van der Waals surface area contributed by atoms with E-state index in [1.807, 2.05) is 12.3 Å². The van der Waals surface area contributed by atoms with Crippen LogP contribution < -0.4 is 0 Å². The van der Waals surface area contributed by atoms with Crippen LogP contribution in [0.5, 0.6) is 0 Å². The van der Waals surface area contributed by atoms with E-state index < -0.39 is 0 Å². The predicted octanol–water partition coefficient (Wildman–Crippen LogP) is 2.09. The average Bonchev–Trinajstić information content (AvgIpc) is 3.17. The molecule has 3 heterocycles.